The molecule has 0 aliphatic carbocycles. The molecule has 0 radical (unpaired) electrons. The van der Waals surface area contributed by atoms with E-state index in [-0.39, 0.29) is 0 Å². The van der Waals surface area contributed by atoms with E-state index >= 15 is 0 Å². The molecule has 0 saturated heterocycles. The monoisotopic (exact) mass is 406 g/mol. The average Bonchev–Trinajstić information content (AvgIpc) is 2.48. The van der Waals surface area contributed by atoms with Crippen LogP contribution in [-0.2, 0) is 12.9 Å². The molecule has 0 heterocycles. The third-order valence-electron chi connectivity index (χ3n) is 0.556. The van der Waals surface area contributed by atoms with E-state index in [4.69, 9.17) is 4.65 Å². The number of hydrogen-bond acceptors (Lipinski definition) is 0. The maximum absolute atomic E-state index is 7.50. The Kier molecular flexibility index (Phi) is 22.6. The standard InChI is InChI=1S/C5H5.CO.Co.2HI/c1-2-4-5-3-1;1-2;;;/h1-5H;;;2*1H/q-1;;+2;;/p-2. The predicted molar refractivity (Wildman–Crippen MR) is 54.0 cm³/mol. The molecular weight excluding hydrogens is 401 g/mol. The van der Waals surface area contributed by atoms with Gasteiger partial charge in [-0.05, 0) is 0 Å². The van der Waals surface area contributed by atoms with Gasteiger partial charge in [0.05, 0.1) is 0 Å². The summed E-state index contributed by atoms with van der Waals surface area (Å²) in [5.41, 5.74) is 0. The first-order chi connectivity index (χ1) is 4.91. The molecule has 0 aliphatic heterocycles. The Balaban J connectivity index is 0. The molecule has 0 N–H and O–H groups in total. The van der Waals surface area contributed by atoms with Crippen LogP contribution in [0.25, 0.3) is 0 Å². The minimum absolute atomic E-state index is 1.38. The normalized spacial score (nSPS) is 6.40. The molecule has 0 fully saturated rings. The molecule has 0 atom stereocenters. The first kappa shape index (κ1) is 13.6. The van der Waals surface area contributed by atoms with Crippen molar-refractivity contribution in [2.24, 2.45) is 0 Å². The van der Waals surface area contributed by atoms with Gasteiger partial charge >= 0.3 is 60.4 Å². The SMILES string of the molecule is [C-]#[O+].[I][Co][I].c1cc[cH-]c1. The smallest absolute Gasteiger partial charge is 0.172 e. The second-order valence-corrected chi connectivity index (χ2v) is 9.80. The fourth-order valence-electron chi connectivity index (χ4n) is 0.321. The molecule has 0 spiro atoms. The minimum atomic E-state index is 1.38. The molecule has 0 unspecified atom stereocenters. The zero-order valence-corrected chi connectivity index (χ0v) is 10.2. The van der Waals surface area contributed by atoms with Crippen molar-refractivity contribution < 1.29 is 12.9 Å². The largest absolute Gasteiger partial charge is 0.214 e. The number of hydrogen-bond donors (Lipinski definition) is 0. The molecule has 4 heteroatoms. The van der Waals surface area contributed by atoms with Crippen LogP contribution < -0.4 is 0 Å². The molecule has 0 bridgehead atoms. The van der Waals surface area contributed by atoms with Crippen LogP contribution in [0.3, 0.4) is 0 Å². The summed E-state index contributed by atoms with van der Waals surface area (Å²) in [7, 11) is 1.38. The van der Waals surface area contributed by atoms with Gasteiger partial charge in [-0.2, -0.15) is 18.2 Å². The fraction of sp³-hybridized carbons (Fsp3) is 0. The van der Waals surface area contributed by atoms with E-state index in [1.807, 2.05) is 30.3 Å². The summed E-state index contributed by atoms with van der Waals surface area (Å²) in [6, 6.07) is 10.0. The van der Waals surface area contributed by atoms with Crippen LogP contribution in [0, 0.1) is 6.65 Å². The Morgan fingerprint density at radius 2 is 1.50 bits per heavy atom. The molecule has 10 heavy (non-hydrogen) atoms. The van der Waals surface area contributed by atoms with E-state index in [1.165, 1.54) is 8.26 Å². The first-order valence-corrected chi connectivity index (χ1v) is 8.84. The first-order valence-electron chi connectivity index (χ1n) is 2.12. The van der Waals surface area contributed by atoms with Crippen molar-refractivity contribution in [1.29, 1.82) is 0 Å². The number of rotatable bonds is 0. The van der Waals surface area contributed by atoms with E-state index in [9.17, 15) is 0 Å². The van der Waals surface area contributed by atoms with Gasteiger partial charge in [-0.15, -0.1) is 0 Å². The Labute approximate surface area is 89.6 Å². The Morgan fingerprint density at radius 1 is 1.20 bits per heavy atom. The summed E-state index contributed by atoms with van der Waals surface area (Å²) in [4.78, 5) is 0. The third kappa shape index (κ3) is 16.0. The summed E-state index contributed by atoms with van der Waals surface area (Å²) in [6.45, 7) is 4.50. The van der Waals surface area contributed by atoms with Crippen molar-refractivity contribution in [3.8, 4) is 0 Å². The van der Waals surface area contributed by atoms with Gasteiger partial charge in [0.2, 0.25) is 0 Å². The van der Waals surface area contributed by atoms with Gasteiger partial charge in [-0.1, -0.05) is 0 Å². The topological polar surface area (TPSA) is 19.9 Å². The van der Waals surface area contributed by atoms with Crippen molar-refractivity contribution in [2.45, 2.75) is 0 Å². The molecular formula is C6H5CoI2O-. The van der Waals surface area contributed by atoms with Gasteiger partial charge in [0.1, 0.15) is 0 Å². The van der Waals surface area contributed by atoms with E-state index < -0.39 is 0 Å². The van der Waals surface area contributed by atoms with Crippen LogP contribution in [-0.4, -0.2) is 0 Å². The Bertz CT molecular complexity index is 110. The quantitative estimate of drug-likeness (QED) is 0.359. The summed E-state index contributed by atoms with van der Waals surface area (Å²) < 4.78 is 7.50. The van der Waals surface area contributed by atoms with Crippen molar-refractivity contribution in [1.82, 2.24) is 0 Å². The molecule has 0 aliphatic rings. The van der Waals surface area contributed by atoms with Crippen LogP contribution in [0.4, 0.5) is 0 Å². The molecule has 0 saturated carbocycles. The second-order valence-electron chi connectivity index (χ2n) is 1.01. The van der Waals surface area contributed by atoms with E-state index in [1.54, 1.807) is 0 Å². The summed E-state index contributed by atoms with van der Waals surface area (Å²) in [5, 5.41) is 0. The Hall–Kier alpha value is 1.06. The van der Waals surface area contributed by atoms with Crippen LogP contribution in [0.15, 0.2) is 30.3 Å². The molecule has 1 rings (SSSR count). The van der Waals surface area contributed by atoms with Crippen molar-refractivity contribution in [3.05, 3.63) is 37.0 Å². The molecule has 1 nitrogen and oxygen atoms in total. The number of halogens is 2. The van der Waals surface area contributed by atoms with E-state index in [0.29, 0.717) is 0 Å². The second kappa shape index (κ2) is 16.6. The van der Waals surface area contributed by atoms with Gasteiger partial charge in [-0.25, -0.2) is 12.1 Å². The zero-order valence-electron chi connectivity index (χ0n) is 4.88. The Morgan fingerprint density at radius 3 is 1.60 bits per heavy atom. The van der Waals surface area contributed by atoms with Crippen molar-refractivity contribution in [3.63, 3.8) is 0 Å². The van der Waals surface area contributed by atoms with Crippen LogP contribution in [0.5, 0.6) is 0 Å². The van der Waals surface area contributed by atoms with Gasteiger partial charge in [0, 0.05) is 0 Å². The maximum atomic E-state index is 7.50. The van der Waals surface area contributed by atoms with Gasteiger partial charge < -0.3 is 0 Å². The molecule has 0 aromatic heterocycles. The summed E-state index contributed by atoms with van der Waals surface area (Å²) in [6.07, 6.45) is 0. The molecule has 1 aromatic rings. The molecule has 0 amide bonds. The summed E-state index contributed by atoms with van der Waals surface area (Å²) >= 11 is 4.49. The molecule has 59 valence electrons. The van der Waals surface area contributed by atoms with E-state index in [2.05, 4.69) is 47.5 Å². The van der Waals surface area contributed by atoms with E-state index in [0.717, 1.165) is 0 Å². The zero-order chi connectivity index (χ0) is 8.24. The average molecular weight is 406 g/mol. The third-order valence-corrected chi connectivity index (χ3v) is 0.556. The maximum Gasteiger partial charge on any atom is -0.172 e. The van der Waals surface area contributed by atoms with Gasteiger partial charge in [0.15, 0.2) is 0 Å². The minimum Gasteiger partial charge on any atom is -0.214 e. The van der Waals surface area contributed by atoms with Crippen molar-refractivity contribution >= 4 is 40.8 Å². The van der Waals surface area contributed by atoms with Crippen LogP contribution in [0.1, 0.15) is 0 Å². The predicted octanol–water partition coefficient (Wildman–Crippen LogP) is 3.14. The van der Waals surface area contributed by atoms with Crippen LogP contribution >= 0.6 is 40.8 Å². The summed E-state index contributed by atoms with van der Waals surface area (Å²) in [5.74, 6) is 0. The van der Waals surface area contributed by atoms with Crippen molar-refractivity contribution in [2.75, 3.05) is 0 Å². The van der Waals surface area contributed by atoms with Gasteiger partial charge in [0.25, 0.3) is 0 Å². The van der Waals surface area contributed by atoms with Gasteiger partial charge in [-0.3, -0.25) is 0 Å². The van der Waals surface area contributed by atoms with Crippen LogP contribution in [0.2, 0.25) is 0 Å². The molecule has 1 aromatic carbocycles. The fourth-order valence-corrected chi connectivity index (χ4v) is 0.321.